The third-order valence-electron chi connectivity index (χ3n) is 1.91. The molecular formula is C7H11N3. The van der Waals surface area contributed by atoms with Crippen LogP contribution in [0.15, 0.2) is 12.4 Å². The van der Waals surface area contributed by atoms with Gasteiger partial charge in [0, 0.05) is 18.3 Å². The van der Waals surface area contributed by atoms with Gasteiger partial charge in [-0.15, -0.1) is 0 Å². The minimum absolute atomic E-state index is 1.07. The minimum Gasteiger partial charge on any atom is -0.299 e. The molecule has 1 aromatic heterocycles. The first-order chi connectivity index (χ1) is 4.95. The molecule has 0 unspecified atom stereocenters. The Bertz CT molecular complexity index is 189. The molecule has 0 bridgehead atoms. The van der Waals surface area contributed by atoms with Crippen LogP contribution in [0.1, 0.15) is 12.0 Å². The maximum Gasteiger partial charge on any atom is 0.0532 e. The fraction of sp³-hybridized carbons (Fsp3) is 0.571. The molecule has 0 aromatic carbocycles. The molecule has 0 saturated carbocycles. The molecule has 54 valence electrons. The van der Waals surface area contributed by atoms with Crippen molar-refractivity contribution in [2.45, 2.75) is 13.0 Å². The average Bonchev–Trinajstić information content (AvgIpc) is 2.29. The van der Waals surface area contributed by atoms with Crippen LogP contribution in [0, 0.1) is 0 Å². The first-order valence-corrected chi connectivity index (χ1v) is 3.65. The Morgan fingerprint density at radius 3 is 3.00 bits per heavy atom. The standard InChI is InChI=1S/C7H11N3/c1-2-10(3-1)6-7-4-8-9-5-7/h4-5H,1-3,6H2,(H,8,9). The Labute approximate surface area is 60.0 Å². The van der Waals surface area contributed by atoms with Gasteiger partial charge in [-0.05, 0) is 19.5 Å². The van der Waals surface area contributed by atoms with Gasteiger partial charge < -0.3 is 0 Å². The van der Waals surface area contributed by atoms with Crippen LogP contribution < -0.4 is 0 Å². The van der Waals surface area contributed by atoms with Crippen LogP contribution in [0.5, 0.6) is 0 Å². The largest absolute Gasteiger partial charge is 0.299 e. The summed E-state index contributed by atoms with van der Waals surface area (Å²) in [5, 5.41) is 6.69. The van der Waals surface area contributed by atoms with E-state index in [0.717, 1.165) is 6.54 Å². The number of rotatable bonds is 2. The molecule has 3 heteroatoms. The van der Waals surface area contributed by atoms with Crippen molar-refractivity contribution in [3.8, 4) is 0 Å². The summed E-state index contributed by atoms with van der Waals surface area (Å²) in [4.78, 5) is 2.41. The van der Waals surface area contributed by atoms with Gasteiger partial charge in [-0.2, -0.15) is 5.10 Å². The molecular weight excluding hydrogens is 126 g/mol. The highest BCUT2D eigenvalue weighted by Crippen LogP contribution is 2.09. The number of H-pyrrole nitrogens is 1. The summed E-state index contributed by atoms with van der Waals surface area (Å²) in [5.41, 5.74) is 1.29. The van der Waals surface area contributed by atoms with Crippen molar-refractivity contribution in [2.24, 2.45) is 0 Å². The van der Waals surface area contributed by atoms with E-state index < -0.39 is 0 Å². The number of likely N-dealkylation sites (tertiary alicyclic amines) is 1. The highest BCUT2D eigenvalue weighted by molar-refractivity contribution is 5.02. The molecule has 1 aliphatic rings. The van der Waals surface area contributed by atoms with Crippen LogP contribution >= 0.6 is 0 Å². The van der Waals surface area contributed by atoms with E-state index in [2.05, 4.69) is 15.1 Å². The van der Waals surface area contributed by atoms with Crippen LogP contribution in [0.4, 0.5) is 0 Å². The van der Waals surface area contributed by atoms with E-state index in [1.54, 1.807) is 0 Å². The minimum atomic E-state index is 1.07. The second kappa shape index (κ2) is 2.42. The van der Waals surface area contributed by atoms with Crippen molar-refractivity contribution in [3.05, 3.63) is 18.0 Å². The lowest BCUT2D eigenvalue weighted by molar-refractivity contribution is 0.172. The van der Waals surface area contributed by atoms with Crippen LogP contribution in [-0.2, 0) is 6.54 Å². The lowest BCUT2D eigenvalue weighted by Crippen LogP contribution is -2.36. The lowest BCUT2D eigenvalue weighted by Gasteiger charge is -2.29. The number of nitrogens with zero attached hydrogens (tertiary/aromatic N) is 2. The van der Waals surface area contributed by atoms with E-state index in [9.17, 15) is 0 Å². The van der Waals surface area contributed by atoms with Crippen LogP contribution in [0.2, 0.25) is 0 Å². The molecule has 1 saturated heterocycles. The number of aromatic amines is 1. The smallest absolute Gasteiger partial charge is 0.0532 e. The summed E-state index contributed by atoms with van der Waals surface area (Å²) < 4.78 is 0. The van der Waals surface area contributed by atoms with Crippen LogP contribution in [0.25, 0.3) is 0 Å². The number of nitrogens with one attached hydrogen (secondary N) is 1. The summed E-state index contributed by atoms with van der Waals surface area (Å²) in [6, 6.07) is 0. The molecule has 10 heavy (non-hydrogen) atoms. The van der Waals surface area contributed by atoms with Crippen molar-refractivity contribution in [3.63, 3.8) is 0 Å². The maximum absolute atomic E-state index is 3.88. The van der Waals surface area contributed by atoms with Gasteiger partial charge in [-0.3, -0.25) is 10.00 Å². The summed E-state index contributed by atoms with van der Waals surface area (Å²) in [7, 11) is 0. The topological polar surface area (TPSA) is 31.9 Å². The highest BCUT2D eigenvalue weighted by Gasteiger charge is 2.13. The van der Waals surface area contributed by atoms with Gasteiger partial charge in [0.25, 0.3) is 0 Å². The Balaban J connectivity index is 1.90. The van der Waals surface area contributed by atoms with E-state index in [-0.39, 0.29) is 0 Å². The number of aromatic nitrogens is 2. The molecule has 0 spiro atoms. The van der Waals surface area contributed by atoms with E-state index in [1.165, 1.54) is 25.1 Å². The first-order valence-electron chi connectivity index (χ1n) is 3.65. The van der Waals surface area contributed by atoms with Gasteiger partial charge in [-0.25, -0.2) is 0 Å². The predicted molar refractivity (Wildman–Crippen MR) is 38.5 cm³/mol. The summed E-state index contributed by atoms with van der Waals surface area (Å²) in [6.07, 6.45) is 5.20. The van der Waals surface area contributed by atoms with Crippen LogP contribution in [0.3, 0.4) is 0 Å². The van der Waals surface area contributed by atoms with Crippen molar-refractivity contribution < 1.29 is 0 Å². The zero-order valence-electron chi connectivity index (χ0n) is 5.88. The molecule has 1 aliphatic heterocycles. The lowest BCUT2D eigenvalue weighted by atomic mass is 10.2. The Morgan fingerprint density at radius 1 is 1.60 bits per heavy atom. The van der Waals surface area contributed by atoms with Gasteiger partial charge in [-0.1, -0.05) is 0 Å². The number of hydrogen-bond donors (Lipinski definition) is 1. The van der Waals surface area contributed by atoms with Gasteiger partial charge in [0.1, 0.15) is 0 Å². The molecule has 0 aliphatic carbocycles. The summed E-state index contributed by atoms with van der Waals surface area (Å²) >= 11 is 0. The second-order valence-electron chi connectivity index (χ2n) is 2.74. The molecule has 3 nitrogen and oxygen atoms in total. The number of hydrogen-bond acceptors (Lipinski definition) is 2. The summed E-state index contributed by atoms with van der Waals surface area (Å²) in [6.45, 7) is 3.58. The zero-order valence-corrected chi connectivity index (χ0v) is 5.88. The highest BCUT2D eigenvalue weighted by atomic mass is 15.2. The van der Waals surface area contributed by atoms with Crippen molar-refractivity contribution in [1.29, 1.82) is 0 Å². The van der Waals surface area contributed by atoms with E-state index >= 15 is 0 Å². The Hall–Kier alpha value is -0.830. The van der Waals surface area contributed by atoms with E-state index in [4.69, 9.17) is 0 Å². The third-order valence-corrected chi connectivity index (χ3v) is 1.91. The average molecular weight is 137 g/mol. The molecule has 1 aromatic rings. The SMILES string of the molecule is c1n[nH]cc1CN1CCC1. The van der Waals surface area contributed by atoms with Crippen molar-refractivity contribution in [2.75, 3.05) is 13.1 Å². The predicted octanol–water partition coefficient (Wildman–Crippen LogP) is 0.615. The normalized spacial score (nSPS) is 18.8. The molecule has 0 atom stereocenters. The fourth-order valence-electron chi connectivity index (χ4n) is 1.16. The first kappa shape index (κ1) is 5.92. The Kier molecular flexibility index (Phi) is 1.43. The second-order valence-corrected chi connectivity index (χ2v) is 2.74. The van der Waals surface area contributed by atoms with Gasteiger partial charge >= 0.3 is 0 Å². The maximum atomic E-state index is 3.88. The van der Waals surface area contributed by atoms with Gasteiger partial charge in [0.05, 0.1) is 6.20 Å². The van der Waals surface area contributed by atoms with E-state index in [1.807, 2.05) is 12.4 Å². The Morgan fingerprint density at radius 2 is 2.50 bits per heavy atom. The van der Waals surface area contributed by atoms with Gasteiger partial charge in [0.15, 0.2) is 0 Å². The van der Waals surface area contributed by atoms with Crippen LogP contribution in [-0.4, -0.2) is 28.2 Å². The fourth-order valence-corrected chi connectivity index (χ4v) is 1.16. The van der Waals surface area contributed by atoms with Crippen molar-refractivity contribution in [1.82, 2.24) is 15.1 Å². The van der Waals surface area contributed by atoms with E-state index in [0.29, 0.717) is 0 Å². The molecule has 0 amide bonds. The monoisotopic (exact) mass is 137 g/mol. The molecule has 1 N–H and O–H groups in total. The zero-order chi connectivity index (χ0) is 6.81. The van der Waals surface area contributed by atoms with Gasteiger partial charge in [0.2, 0.25) is 0 Å². The molecule has 2 heterocycles. The third kappa shape index (κ3) is 1.04. The summed E-state index contributed by atoms with van der Waals surface area (Å²) in [5.74, 6) is 0. The molecule has 2 rings (SSSR count). The molecule has 0 radical (unpaired) electrons. The molecule has 1 fully saturated rings. The quantitative estimate of drug-likeness (QED) is 0.647. The van der Waals surface area contributed by atoms with Crippen molar-refractivity contribution >= 4 is 0 Å².